The lowest BCUT2D eigenvalue weighted by molar-refractivity contribution is -0.120. The third-order valence-electron chi connectivity index (χ3n) is 11.2. The minimum atomic E-state index is -0.111. The molecule has 4 aromatic carbocycles. The molecular weight excluding hydrogens is 1090 g/mol. The fraction of sp³-hybridized carbons (Fsp3) is 0.312. The average molecular weight is 1140 g/mol. The van der Waals surface area contributed by atoms with Crippen molar-refractivity contribution in [1.82, 2.24) is 24.6 Å². The summed E-state index contributed by atoms with van der Waals surface area (Å²) in [6.07, 6.45) is 5.20. The molecule has 0 bridgehead atoms. The number of aromatic nitrogens is 4. The summed E-state index contributed by atoms with van der Waals surface area (Å²) in [5, 5.41) is 5.83. The zero-order chi connectivity index (χ0) is 45.8. The fourth-order valence-electron chi connectivity index (χ4n) is 7.94. The van der Waals surface area contributed by atoms with Crippen LogP contribution in [0.1, 0.15) is 30.0 Å². The Morgan fingerprint density at radius 3 is 2.08 bits per heavy atom. The Labute approximate surface area is 412 Å². The molecule has 4 heterocycles. The Bertz CT molecular complexity index is 2620. The lowest BCUT2D eigenvalue weighted by Crippen LogP contribution is -2.37. The van der Waals surface area contributed by atoms with E-state index in [1.54, 1.807) is 17.0 Å². The molecule has 0 atom stereocenters. The van der Waals surface area contributed by atoms with E-state index in [2.05, 4.69) is 69.3 Å². The van der Waals surface area contributed by atoms with Crippen molar-refractivity contribution in [3.63, 3.8) is 0 Å². The van der Waals surface area contributed by atoms with Gasteiger partial charge in [0, 0.05) is 46.4 Å². The predicted molar refractivity (Wildman–Crippen MR) is 268 cm³/mol. The summed E-state index contributed by atoms with van der Waals surface area (Å²) in [6, 6.07) is 27.3. The quantitative estimate of drug-likeness (QED) is 0.0297. The molecule has 1 fully saturated rings. The number of piperidine rings is 1. The molecule has 6 aromatic rings. The van der Waals surface area contributed by atoms with Gasteiger partial charge in [-0.05, 0) is 146 Å². The summed E-state index contributed by atoms with van der Waals surface area (Å²) in [6.45, 7) is 7.12. The molecule has 8 rings (SSSR count). The van der Waals surface area contributed by atoms with Crippen LogP contribution in [0.4, 0.5) is 11.5 Å². The first-order valence-electron chi connectivity index (χ1n) is 21.6. The van der Waals surface area contributed by atoms with E-state index in [9.17, 15) is 9.59 Å². The minimum Gasteiger partial charge on any atom is -0.457 e. The summed E-state index contributed by atoms with van der Waals surface area (Å²) >= 11 is 9.14. The van der Waals surface area contributed by atoms with Crippen LogP contribution in [0, 0.1) is 3.57 Å². The smallest absolute Gasteiger partial charge is 0.298 e. The van der Waals surface area contributed by atoms with Crippen LogP contribution >= 0.6 is 54.5 Å². The van der Waals surface area contributed by atoms with Gasteiger partial charge in [-0.2, -0.15) is 5.10 Å². The van der Waals surface area contributed by atoms with Crippen molar-refractivity contribution in [3.8, 4) is 28.5 Å². The first kappa shape index (κ1) is 47.7. The van der Waals surface area contributed by atoms with Crippen LogP contribution in [-0.4, -0.2) is 116 Å². The number of amides is 1. The van der Waals surface area contributed by atoms with E-state index >= 15 is 0 Å². The summed E-state index contributed by atoms with van der Waals surface area (Å²) in [7, 11) is 0. The maximum atomic E-state index is 13.7. The number of nitrogens with two attached hydrogens (primary N) is 1. The van der Waals surface area contributed by atoms with Crippen molar-refractivity contribution in [3.05, 3.63) is 115 Å². The van der Waals surface area contributed by atoms with Crippen LogP contribution in [-0.2, 0) is 28.5 Å². The number of anilines is 2. The van der Waals surface area contributed by atoms with Crippen LogP contribution in [0.25, 0.3) is 33.9 Å². The zero-order valence-electron chi connectivity index (χ0n) is 36.0. The van der Waals surface area contributed by atoms with Crippen molar-refractivity contribution < 1.29 is 38.0 Å². The van der Waals surface area contributed by atoms with Crippen molar-refractivity contribution >= 4 is 101 Å². The van der Waals surface area contributed by atoms with Gasteiger partial charge in [0.05, 0.1) is 78.9 Å². The Kier molecular flexibility index (Phi) is 16.8. The molecule has 1 amide bonds. The van der Waals surface area contributed by atoms with Gasteiger partial charge >= 0.3 is 0 Å². The van der Waals surface area contributed by atoms with E-state index in [-0.39, 0.29) is 11.9 Å². The number of hydrogen-bond donors (Lipinski definition) is 1. The number of halogens is 3. The molecule has 0 spiro atoms. The summed E-state index contributed by atoms with van der Waals surface area (Å²) in [5.74, 6) is 2.18. The van der Waals surface area contributed by atoms with E-state index in [0.29, 0.717) is 92.0 Å². The highest BCUT2D eigenvalue weighted by molar-refractivity contribution is 14.1. The summed E-state index contributed by atoms with van der Waals surface area (Å²) in [5.41, 5.74) is 11.9. The standard InChI is InChI=1S/C48H48Br2IN7O8/c49-40-27-32(28-41(50)45(40)65-31-59)26-39-38-29-34(51)8-11-42(38)57(48(39)60)17-19-62-21-23-64-25-24-63-22-20-61-18-16-56-14-12-35(13-15-56)58-47-43(46(52)53-30-54-47)44(55-58)33-6-9-37(10-7-33)66-36-4-2-1-3-5-36/h1-11,26-31,35H,12-25H2,(H2,52,53,54). The van der Waals surface area contributed by atoms with E-state index < -0.39 is 0 Å². The van der Waals surface area contributed by atoms with E-state index in [0.717, 1.165) is 86.7 Å². The average Bonchev–Trinajstić information content (AvgIpc) is 3.83. The molecular formula is C48H48Br2IN7O8. The third kappa shape index (κ3) is 11.8. The van der Waals surface area contributed by atoms with E-state index in [1.165, 1.54) is 6.33 Å². The number of nitrogen functional groups attached to an aromatic ring is 1. The van der Waals surface area contributed by atoms with Gasteiger partial charge < -0.3 is 44.0 Å². The van der Waals surface area contributed by atoms with Crippen molar-refractivity contribution in [1.29, 1.82) is 0 Å². The van der Waals surface area contributed by atoms with Crippen molar-refractivity contribution in [2.75, 3.05) is 89.7 Å². The molecule has 1 saturated heterocycles. The topological polar surface area (TPSA) is 166 Å². The number of fused-ring (bicyclic) bond motifs is 2. The van der Waals surface area contributed by atoms with Gasteiger partial charge in [-0.15, -0.1) is 0 Å². The molecule has 2 aliphatic rings. The van der Waals surface area contributed by atoms with Crippen LogP contribution in [0.5, 0.6) is 17.2 Å². The first-order valence-corrected chi connectivity index (χ1v) is 24.2. The number of benzene rings is 4. The highest BCUT2D eigenvalue weighted by atomic mass is 127. The summed E-state index contributed by atoms with van der Waals surface area (Å²) in [4.78, 5) is 37.6. The molecule has 2 aromatic heterocycles. The largest absolute Gasteiger partial charge is 0.457 e. The molecule has 0 radical (unpaired) electrons. The number of para-hydroxylation sites is 1. The second-order valence-electron chi connectivity index (χ2n) is 15.4. The molecule has 15 nitrogen and oxygen atoms in total. The van der Waals surface area contributed by atoms with E-state index in [4.69, 9.17) is 39.3 Å². The molecule has 344 valence electrons. The Balaban J connectivity index is 0.689. The monoisotopic (exact) mass is 1140 g/mol. The zero-order valence-corrected chi connectivity index (χ0v) is 41.3. The maximum Gasteiger partial charge on any atom is 0.298 e. The minimum absolute atomic E-state index is 0.111. The lowest BCUT2D eigenvalue weighted by Gasteiger charge is -2.32. The van der Waals surface area contributed by atoms with Crippen LogP contribution < -0.4 is 20.1 Å². The molecule has 66 heavy (non-hydrogen) atoms. The number of likely N-dealkylation sites (tertiary alicyclic amines) is 1. The lowest BCUT2D eigenvalue weighted by atomic mass is 10.0. The first-order chi connectivity index (χ1) is 32.3. The van der Waals surface area contributed by atoms with Crippen LogP contribution in [0.2, 0.25) is 0 Å². The molecule has 0 aliphatic carbocycles. The highest BCUT2D eigenvalue weighted by Crippen LogP contribution is 2.41. The Morgan fingerprint density at radius 1 is 0.773 bits per heavy atom. The van der Waals surface area contributed by atoms with Gasteiger partial charge in [-0.1, -0.05) is 18.2 Å². The molecule has 18 heteroatoms. The Hall–Kier alpha value is -4.80. The molecule has 2 aliphatic heterocycles. The van der Waals surface area contributed by atoms with Crippen LogP contribution in [0.3, 0.4) is 0 Å². The Morgan fingerprint density at radius 2 is 1.41 bits per heavy atom. The predicted octanol–water partition coefficient (Wildman–Crippen LogP) is 8.82. The van der Waals surface area contributed by atoms with Crippen molar-refractivity contribution in [2.45, 2.75) is 18.9 Å². The number of carbonyl (C=O) groups excluding carboxylic acids is 2. The number of carbonyl (C=O) groups is 2. The fourth-order valence-corrected chi connectivity index (χ4v) is 9.84. The molecule has 0 saturated carbocycles. The van der Waals surface area contributed by atoms with Gasteiger partial charge in [0.25, 0.3) is 12.4 Å². The van der Waals surface area contributed by atoms with Gasteiger partial charge in [-0.25, -0.2) is 14.6 Å². The van der Waals surface area contributed by atoms with E-state index in [1.807, 2.05) is 83.6 Å². The van der Waals surface area contributed by atoms with Gasteiger partial charge in [-0.3, -0.25) is 9.59 Å². The third-order valence-corrected chi connectivity index (χ3v) is 13.0. The highest BCUT2D eigenvalue weighted by Gasteiger charge is 2.32. The SMILES string of the molecule is Nc1ncnc2c1c(-c1ccc(Oc3ccccc3)cc1)nn2C1CCN(CCOCCOCCOCCOCCN2C(=O)C(=Cc3cc(Br)c(OC=O)c(Br)c3)c3cc(I)ccc32)CC1. The summed E-state index contributed by atoms with van der Waals surface area (Å²) < 4.78 is 38.4. The van der Waals surface area contributed by atoms with Gasteiger partial charge in [0.15, 0.2) is 11.4 Å². The number of rotatable bonds is 22. The van der Waals surface area contributed by atoms with Gasteiger partial charge in [0.2, 0.25) is 0 Å². The molecule has 0 unspecified atom stereocenters. The number of ether oxygens (including phenoxy) is 6. The second kappa shape index (κ2) is 23.3. The normalized spacial score (nSPS) is 14.9. The maximum absolute atomic E-state index is 13.7. The van der Waals surface area contributed by atoms with Crippen LogP contribution in [0.15, 0.2) is 100 Å². The van der Waals surface area contributed by atoms with Crippen molar-refractivity contribution in [2.24, 2.45) is 0 Å². The number of nitrogens with zero attached hydrogens (tertiary/aromatic N) is 6. The second-order valence-corrected chi connectivity index (χ2v) is 18.4. The molecule has 2 N–H and O–H groups in total. The van der Waals surface area contributed by atoms with Gasteiger partial charge in [0.1, 0.15) is 29.3 Å². The number of hydrogen-bond acceptors (Lipinski definition) is 13.